The lowest BCUT2D eigenvalue weighted by Crippen LogP contribution is -2.62. The minimum absolute atomic E-state index is 0.0788. The summed E-state index contributed by atoms with van der Waals surface area (Å²) in [5.41, 5.74) is 0.579. The number of rotatable bonds is 5. The molecule has 2 heterocycles. The average molecular weight is 528 g/mol. The molecule has 3 rings (SSSR count). The molecule has 2 aliphatic heterocycles. The molecule has 27 heavy (non-hydrogen) atoms. The number of carbonyl (C=O) groups excluding carboxylic acids is 1. The zero-order valence-electron chi connectivity index (χ0n) is 15.1. The third-order valence-corrected chi connectivity index (χ3v) is 6.66. The first kappa shape index (κ1) is 21.2. The quantitative estimate of drug-likeness (QED) is 0.309. The zero-order valence-corrected chi connectivity index (χ0v) is 18.8. The summed E-state index contributed by atoms with van der Waals surface area (Å²) in [6, 6.07) is 3.64. The maximum atomic E-state index is 12.6. The molecule has 1 aromatic carbocycles. The maximum absolute atomic E-state index is 12.6. The van der Waals surface area contributed by atoms with E-state index in [-0.39, 0.29) is 24.2 Å². The first-order valence-corrected chi connectivity index (χ1v) is 10.8. The topological polar surface area (TPSA) is 68.9 Å². The highest BCUT2D eigenvalue weighted by atomic mass is 127. The summed E-state index contributed by atoms with van der Waals surface area (Å²) in [6.07, 6.45) is 1.28. The Labute approximate surface area is 183 Å². The second-order valence-corrected chi connectivity index (χ2v) is 8.53. The van der Waals surface area contributed by atoms with Crippen molar-refractivity contribution in [3.63, 3.8) is 0 Å². The molecule has 2 unspecified atom stereocenters. The molecule has 3 N–H and O–H groups in total. The molecule has 1 amide bonds. The van der Waals surface area contributed by atoms with Gasteiger partial charge in [-0.3, -0.25) is 20.3 Å². The molecule has 0 radical (unpaired) electrons. The molecule has 150 valence electrons. The standard InChI is InChI=1S/C17H24Cl2IN5O2/c1-27-14-8-11(18)12(20)9-13(14)22-10-16(26)25-6-4-24(5-7-25)15-2-3-21-17(19)23-15/h8-9,15,17,21-23H,2-7,10H2,1H3. The molecule has 0 aliphatic carbocycles. The fourth-order valence-electron chi connectivity index (χ4n) is 3.35. The Balaban J connectivity index is 1.49. The monoisotopic (exact) mass is 527 g/mol. The number of hydrogen-bond donors (Lipinski definition) is 3. The number of carbonyl (C=O) groups is 1. The number of anilines is 1. The summed E-state index contributed by atoms with van der Waals surface area (Å²) in [6.45, 7) is 4.24. The lowest BCUT2D eigenvalue weighted by atomic mass is 10.2. The normalized spacial score (nSPS) is 23.9. The molecule has 2 atom stereocenters. The summed E-state index contributed by atoms with van der Waals surface area (Å²) in [4.78, 5) is 16.8. The molecule has 1 aromatic rings. The number of benzene rings is 1. The Morgan fingerprint density at radius 3 is 2.78 bits per heavy atom. The number of nitrogens with one attached hydrogen (secondary N) is 3. The fraction of sp³-hybridized carbons (Fsp3) is 0.588. The highest BCUT2D eigenvalue weighted by Gasteiger charge is 2.28. The molecular weight excluding hydrogens is 504 g/mol. The van der Waals surface area contributed by atoms with Crippen LogP contribution in [-0.2, 0) is 4.79 Å². The van der Waals surface area contributed by atoms with Crippen molar-refractivity contribution in [1.82, 2.24) is 20.4 Å². The molecule has 0 spiro atoms. The minimum Gasteiger partial charge on any atom is -0.495 e. The van der Waals surface area contributed by atoms with Gasteiger partial charge in [0.1, 0.15) is 11.4 Å². The molecule has 2 aliphatic rings. The van der Waals surface area contributed by atoms with E-state index in [9.17, 15) is 4.79 Å². The van der Waals surface area contributed by atoms with Crippen LogP contribution in [0.5, 0.6) is 5.75 Å². The van der Waals surface area contributed by atoms with Crippen molar-refractivity contribution in [2.45, 2.75) is 18.2 Å². The number of halogens is 3. The van der Waals surface area contributed by atoms with E-state index < -0.39 is 0 Å². The van der Waals surface area contributed by atoms with E-state index in [1.807, 2.05) is 11.0 Å². The highest BCUT2D eigenvalue weighted by molar-refractivity contribution is 14.1. The Hall–Kier alpha value is -0.520. The number of ether oxygens (including phenoxy) is 1. The molecule has 2 saturated heterocycles. The number of alkyl halides is 1. The second kappa shape index (κ2) is 9.80. The first-order chi connectivity index (χ1) is 13.0. The largest absolute Gasteiger partial charge is 0.495 e. The van der Waals surface area contributed by atoms with Crippen LogP contribution in [0.2, 0.25) is 5.02 Å². The molecule has 0 aromatic heterocycles. The van der Waals surface area contributed by atoms with Gasteiger partial charge in [0.15, 0.2) is 0 Å². The fourth-order valence-corrected chi connectivity index (χ4v) is 4.22. The third-order valence-electron chi connectivity index (χ3n) is 4.86. The Morgan fingerprint density at radius 2 is 2.11 bits per heavy atom. The SMILES string of the molecule is COc1cc(Cl)c(I)cc1NCC(=O)N1CCN(C2CCNC(Cl)N2)CC1. The summed E-state index contributed by atoms with van der Waals surface area (Å²) in [5.74, 6) is 0.709. The van der Waals surface area contributed by atoms with Gasteiger partial charge in [-0.2, -0.15) is 0 Å². The van der Waals surface area contributed by atoms with Gasteiger partial charge in [-0.1, -0.05) is 23.2 Å². The van der Waals surface area contributed by atoms with E-state index in [0.717, 1.165) is 35.3 Å². The first-order valence-electron chi connectivity index (χ1n) is 8.90. The average Bonchev–Trinajstić information content (AvgIpc) is 2.68. The highest BCUT2D eigenvalue weighted by Crippen LogP contribution is 2.32. The van der Waals surface area contributed by atoms with Crippen LogP contribution in [0.4, 0.5) is 5.69 Å². The number of amides is 1. The van der Waals surface area contributed by atoms with Gasteiger partial charge in [-0.15, -0.1) is 0 Å². The van der Waals surface area contributed by atoms with E-state index >= 15 is 0 Å². The Morgan fingerprint density at radius 1 is 1.37 bits per heavy atom. The van der Waals surface area contributed by atoms with Crippen molar-refractivity contribution in [1.29, 1.82) is 0 Å². The molecule has 0 bridgehead atoms. The third kappa shape index (κ3) is 5.51. The van der Waals surface area contributed by atoms with Crippen LogP contribution in [-0.4, -0.2) is 73.9 Å². The summed E-state index contributed by atoms with van der Waals surface area (Å²) in [5, 5.41) is 10.3. The van der Waals surface area contributed by atoms with Crippen molar-refractivity contribution >= 4 is 57.4 Å². The molecule has 10 heteroatoms. The van der Waals surface area contributed by atoms with Crippen molar-refractivity contribution < 1.29 is 9.53 Å². The second-order valence-electron chi connectivity index (χ2n) is 6.52. The van der Waals surface area contributed by atoms with E-state index in [1.54, 1.807) is 13.2 Å². The van der Waals surface area contributed by atoms with Crippen LogP contribution in [0, 0.1) is 3.57 Å². The molecule has 2 fully saturated rings. The maximum Gasteiger partial charge on any atom is 0.241 e. The molecule has 7 nitrogen and oxygen atoms in total. The summed E-state index contributed by atoms with van der Waals surface area (Å²) < 4.78 is 6.25. The van der Waals surface area contributed by atoms with Gasteiger partial charge in [-0.25, -0.2) is 0 Å². The van der Waals surface area contributed by atoms with E-state index in [0.29, 0.717) is 23.9 Å². The van der Waals surface area contributed by atoms with Gasteiger partial charge >= 0.3 is 0 Å². The van der Waals surface area contributed by atoms with Gasteiger partial charge in [0.05, 0.1) is 30.5 Å². The van der Waals surface area contributed by atoms with Gasteiger partial charge in [0.25, 0.3) is 0 Å². The van der Waals surface area contributed by atoms with E-state index in [2.05, 4.69) is 43.4 Å². The van der Waals surface area contributed by atoms with Crippen LogP contribution in [0.1, 0.15) is 6.42 Å². The minimum atomic E-state index is -0.190. The molecule has 0 saturated carbocycles. The van der Waals surface area contributed by atoms with E-state index in [4.69, 9.17) is 27.9 Å². The van der Waals surface area contributed by atoms with Crippen molar-refractivity contribution in [2.75, 3.05) is 51.7 Å². The Kier molecular flexibility index (Phi) is 7.69. The van der Waals surface area contributed by atoms with Crippen molar-refractivity contribution in [2.24, 2.45) is 0 Å². The molecular formula is C17H24Cl2IN5O2. The number of hydrogen-bond acceptors (Lipinski definition) is 6. The van der Waals surface area contributed by atoms with Crippen LogP contribution in [0.25, 0.3) is 0 Å². The smallest absolute Gasteiger partial charge is 0.241 e. The van der Waals surface area contributed by atoms with Crippen LogP contribution in [0.15, 0.2) is 12.1 Å². The summed E-state index contributed by atoms with van der Waals surface area (Å²) >= 11 is 14.4. The van der Waals surface area contributed by atoms with Crippen LogP contribution < -0.4 is 20.7 Å². The number of methoxy groups -OCH3 is 1. The lowest BCUT2D eigenvalue weighted by molar-refractivity contribution is -0.131. The van der Waals surface area contributed by atoms with E-state index in [1.165, 1.54) is 0 Å². The van der Waals surface area contributed by atoms with Crippen molar-refractivity contribution in [3.05, 3.63) is 20.7 Å². The lowest BCUT2D eigenvalue weighted by Gasteiger charge is -2.42. The number of piperazine rings is 1. The van der Waals surface area contributed by atoms with Crippen LogP contribution in [0.3, 0.4) is 0 Å². The van der Waals surface area contributed by atoms with Crippen molar-refractivity contribution in [3.8, 4) is 5.75 Å². The van der Waals surface area contributed by atoms with Gasteiger partial charge < -0.3 is 15.0 Å². The van der Waals surface area contributed by atoms with Gasteiger partial charge in [-0.05, 0) is 35.1 Å². The predicted octanol–water partition coefficient (Wildman–Crippen LogP) is 1.94. The van der Waals surface area contributed by atoms with Gasteiger partial charge in [0, 0.05) is 42.4 Å². The Bertz CT molecular complexity index is 673. The van der Waals surface area contributed by atoms with Crippen LogP contribution >= 0.6 is 45.8 Å². The predicted molar refractivity (Wildman–Crippen MR) is 117 cm³/mol. The summed E-state index contributed by atoms with van der Waals surface area (Å²) in [7, 11) is 1.59. The van der Waals surface area contributed by atoms with Gasteiger partial charge in [0.2, 0.25) is 5.91 Å². The number of nitrogens with zero attached hydrogens (tertiary/aromatic N) is 2. The zero-order chi connectivity index (χ0) is 19.4.